The molecule has 0 radical (unpaired) electrons. The third-order valence-corrected chi connectivity index (χ3v) is 4.41. The number of nitrogens with one attached hydrogen (secondary N) is 2. The minimum absolute atomic E-state index is 0. The first-order valence-electron chi connectivity index (χ1n) is 8.93. The number of nitrogens with zero attached hydrogens (tertiary/aromatic N) is 1. The number of rotatable bonds is 9. The molecule has 2 rings (SSSR count). The van der Waals surface area contributed by atoms with Crippen molar-refractivity contribution in [3.63, 3.8) is 0 Å². The molecule has 0 unspecified atom stereocenters. The molecule has 2 aromatic rings. The number of hydrogen-bond acceptors (Lipinski definition) is 4. The number of carbonyl (C=O) groups excluding carboxylic acids is 1. The second-order valence-electron chi connectivity index (χ2n) is 6.27. The smallest absolute Gasteiger partial charge is 0.238 e. The Kier molecular flexibility index (Phi) is 15.8. The lowest BCUT2D eigenvalue weighted by Crippen LogP contribution is -2.31. The fourth-order valence-corrected chi connectivity index (χ4v) is 2.71. The predicted octanol–water partition coefficient (Wildman–Crippen LogP) is 4.27. The first-order chi connectivity index (χ1) is 12.1. The monoisotopic (exact) mass is 448 g/mol. The summed E-state index contributed by atoms with van der Waals surface area (Å²) in [5.41, 5.74) is 5.58. The van der Waals surface area contributed by atoms with Gasteiger partial charge < -0.3 is 5.32 Å². The van der Waals surface area contributed by atoms with Crippen molar-refractivity contribution in [2.75, 3.05) is 5.32 Å². The van der Waals surface area contributed by atoms with E-state index in [4.69, 9.17) is 5.84 Å². The normalized spacial score (nSPS) is 9.57. The Morgan fingerprint density at radius 3 is 1.96 bits per heavy atom. The molecule has 0 aliphatic carbocycles. The Morgan fingerprint density at radius 1 is 0.929 bits per heavy atom. The highest BCUT2D eigenvalue weighted by Gasteiger charge is 2.05. The maximum atomic E-state index is 11.3. The van der Waals surface area contributed by atoms with E-state index in [1.807, 2.05) is 18.3 Å². The largest absolute Gasteiger partial charge is 0.367 e. The van der Waals surface area contributed by atoms with Gasteiger partial charge in [-0.15, -0.1) is 37.2 Å². The summed E-state index contributed by atoms with van der Waals surface area (Å²) in [6, 6.07) is 12.8. The number of hydrazine groups is 1. The fourth-order valence-electron chi connectivity index (χ4n) is 2.71. The topological polar surface area (TPSA) is 80.0 Å². The molecule has 0 atom stereocenters. The van der Waals surface area contributed by atoms with Crippen LogP contribution in [0.2, 0.25) is 0 Å². The van der Waals surface area contributed by atoms with Gasteiger partial charge in [0.05, 0.1) is 6.42 Å². The molecule has 28 heavy (non-hydrogen) atoms. The zero-order chi connectivity index (χ0) is 18.1. The van der Waals surface area contributed by atoms with E-state index < -0.39 is 0 Å². The number of carbonyl (C=O) groups is 1. The number of benzene rings is 1. The van der Waals surface area contributed by atoms with Gasteiger partial charge in [0.2, 0.25) is 5.91 Å². The van der Waals surface area contributed by atoms with Gasteiger partial charge in [0.15, 0.2) is 0 Å². The van der Waals surface area contributed by atoms with Gasteiger partial charge >= 0.3 is 0 Å². The van der Waals surface area contributed by atoms with Crippen LogP contribution in [0.3, 0.4) is 0 Å². The molecule has 0 saturated heterocycles. The van der Waals surface area contributed by atoms with Crippen LogP contribution < -0.4 is 16.6 Å². The summed E-state index contributed by atoms with van der Waals surface area (Å²) in [5, 5.41) is 3.45. The molecule has 5 nitrogen and oxygen atoms in total. The zero-order valence-corrected chi connectivity index (χ0v) is 18.8. The van der Waals surface area contributed by atoms with Gasteiger partial charge in [0.1, 0.15) is 5.82 Å². The van der Waals surface area contributed by atoms with E-state index in [0.717, 1.165) is 37.1 Å². The maximum absolute atomic E-state index is 11.3. The minimum atomic E-state index is -0.180. The number of anilines is 1. The molecule has 0 aliphatic heterocycles. The van der Waals surface area contributed by atoms with Crippen molar-refractivity contribution in [1.82, 2.24) is 10.4 Å². The highest BCUT2D eigenvalue weighted by atomic mass is 35.5. The number of nitrogens with two attached hydrogens (primary N) is 1. The number of amides is 1. The molecule has 1 aromatic heterocycles. The Labute approximate surface area is 186 Å². The van der Waals surface area contributed by atoms with Crippen LogP contribution in [0.15, 0.2) is 42.6 Å². The van der Waals surface area contributed by atoms with E-state index in [-0.39, 0.29) is 43.1 Å². The lowest BCUT2D eigenvalue weighted by molar-refractivity contribution is -0.120. The molecule has 1 heterocycles. The standard InChI is InChI=1S/C20H28N4O.3ClH/c1-3-18(4-2)23-19-12-11-17(14-22-19)10-7-15-5-8-16(9-6-15)13-20(25)24-21;;;/h5-6,8-9,11-12,14,18H,3-4,7,10,13,21H2,1-2H3,(H,22,23)(H,24,25);3*1H. The maximum Gasteiger partial charge on any atom is 0.238 e. The molecular weight excluding hydrogens is 419 g/mol. The van der Waals surface area contributed by atoms with Crippen LogP contribution in [-0.4, -0.2) is 16.9 Å². The molecule has 158 valence electrons. The summed E-state index contributed by atoms with van der Waals surface area (Å²) >= 11 is 0. The van der Waals surface area contributed by atoms with Gasteiger partial charge in [-0.2, -0.15) is 0 Å². The molecule has 0 aliphatic rings. The van der Waals surface area contributed by atoms with Crippen molar-refractivity contribution in [3.05, 3.63) is 59.3 Å². The predicted molar refractivity (Wildman–Crippen MR) is 124 cm³/mol. The van der Waals surface area contributed by atoms with Crippen molar-refractivity contribution in [3.8, 4) is 0 Å². The lowest BCUT2D eigenvalue weighted by Gasteiger charge is -2.15. The van der Waals surface area contributed by atoms with Crippen molar-refractivity contribution >= 4 is 48.9 Å². The number of aromatic nitrogens is 1. The quantitative estimate of drug-likeness (QED) is 0.303. The Balaban J connectivity index is 0. The molecular formula is C20H31Cl3N4O. The molecule has 1 aromatic carbocycles. The van der Waals surface area contributed by atoms with Gasteiger partial charge in [-0.1, -0.05) is 44.2 Å². The Hall–Kier alpha value is -1.53. The molecule has 0 fully saturated rings. The SMILES string of the molecule is CCC(CC)Nc1ccc(CCc2ccc(CC(=O)NN)cc2)cn1.Cl.Cl.Cl. The minimum Gasteiger partial charge on any atom is -0.367 e. The average molecular weight is 450 g/mol. The van der Waals surface area contributed by atoms with Crippen LogP contribution >= 0.6 is 37.2 Å². The third kappa shape index (κ3) is 9.60. The van der Waals surface area contributed by atoms with E-state index in [0.29, 0.717) is 12.5 Å². The van der Waals surface area contributed by atoms with E-state index in [9.17, 15) is 4.79 Å². The molecule has 0 spiro atoms. The van der Waals surface area contributed by atoms with Crippen molar-refractivity contribution in [2.45, 2.75) is 52.0 Å². The van der Waals surface area contributed by atoms with Crippen molar-refractivity contribution < 1.29 is 4.79 Å². The summed E-state index contributed by atoms with van der Waals surface area (Å²) in [6.07, 6.45) is 6.35. The van der Waals surface area contributed by atoms with E-state index >= 15 is 0 Å². The van der Waals surface area contributed by atoms with E-state index in [2.05, 4.69) is 53.8 Å². The number of pyridine rings is 1. The lowest BCUT2D eigenvalue weighted by atomic mass is 10.0. The summed E-state index contributed by atoms with van der Waals surface area (Å²) < 4.78 is 0. The van der Waals surface area contributed by atoms with Crippen LogP contribution in [0.5, 0.6) is 0 Å². The Bertz CT molecular complexity index is 662. The number of aryl methyl sites for hydroxylation is 2. The molecule has 8 heteroatoms. The van der Waals surface area contributed by atoms with Crippen molar-refractivity contribution in [2.24, 2.45) is 5.84 Å². The van der Waals surface area contributed by atoms with Crippen LogP contribution in [0.4, 0.5) is 5.82 Å². The van der Waals surface area contributed by atoms with Crippen LogP contribution in [-0.2, 0) is 24.1 Å². The summed E-state index contributed by atoms with van der Waals surface area (Å²) in [5.74, 6) is 5.87. The van der Waals surface area contributed by atoms with Crippen LogP contribution in [0.1, 0.15) is 43.4 Å². The molecule has 0 bridgehead atoms. The fraction of sp³-hybridized carbons (Fsp3) is 0.400. The van der Waals surface area contributed by atoms with Crippen LogP contribution in [0, 0.1) is 0 Å². The highest BCUT2D eigenvalue weighted by Crippen LogP contribution is 2.13. The van der Waals surface area contributed by atoms with E-state index in [1.54, 1.807) is 0 Å². The first-order valence-corrected chi connectivity index (χ1v) is 8.93. The zero-order valence-electron chi connectivity index (χ0n) is 16.3. The molecule has 4 N–H and O–H groups in total. The van der Waals surface area contributed by atoms with Gasteiger partial charge in [-0.05, 0) is 48.4 Å². The number of halogens is 3. The van der Waals surface area contributed by atoms with Crippen molar-refractivity contribution in [1.29, 1.82) is 0 Å². The summed E-state index contributed by atoms with van der Waals surface area (Å²) in [4.78, 5) is 15.8. The Morgan fingerprint density at radius 2 is 1.46 bits per heavy atom. The second kappa shape index (κ2) is 15.4. The van der Waals surface area contributed by atoms with Gasteiger partial charge in [-0.25, -0.2) is 10.8 Å². The van der Waals surface area contributed by atoms with Crippen LogP contribution in [0.25, 0.3) is 0 Å². The summed E-state index contributed by atoms with van der Waals surface area (Å²) in [7, 11) is 0. The second-order valence-corrected chi connectivity index (χ2v) is 6.27. The molecule has 0 saturated carbocycles. The van der Waals surface area contributed by atoms with E-state index in [1.165, 1.54) is 11.1 Å². The van der Waals surface area contributed by atoms with Gasteiger partial charge in [0, 0.05) is 12.2 Å². The third-order valence-electron chi connectivity index (χ3n) is 4.41. The number of hydrogen-bond donors (Lipinski definition) is 3. The molecule has 1 amide bonds. The summed E-state index contributed by atoms with van der Waals surface area (Å²) in [6.45, 7) is 4.37. The highest BCUT2D eigenvalue weighted by molar-refractivity contribution is 5.86. The first kappa shape index (κ1) is 28.7. The van der Waals surface area contributed by atoms with Gasteiger partial charge in [-0.3, -0.25) is 10.2 Å². The average Bonchev–Trinajstić information content (AvgIpc) is 2.66. The van der Waals surface area contributed by atoms with Gasteiger partial charge in [0.25, 0.3) is 0 Å².